The molecule has 0 bridgehead atoms. The van der Waals surface area contributed by atoms with Crippen LogP contribution in [0.15, 0.2) is 54.6 Å². The number of aromatic nitrogens is 1. The van der Waals surface area contributed by atoms with Gasteiger partial charge in [0.1, 0.15) is 10.0 Å². The number of anilines is 1. The van der Waals surface area contributed by atoms with Gasteiger partial charge in [0.05, 0.1) is 10.2 Å². The summed E-state index contributed by atoms with van der Waals surface area (Å²) in [5.74, 6) is 0.344. The first kappa shape index (κ1) is 23.5. The van der Waals surface area contributed by atoms with Crippen molar-refractivity contribution in [2.24, 2.45) is 5.92 Å². The maximum atomic E-state index is 13.1. The molecule has 4 nitrogen and oxygen atoms in total. The Labute approximate surface area is 214 Å². The van der Waals surface area contributed by atoms with Gasteiger partial charge in [0.25, 0.3) is 0 Å². The lowest BCUT2D eigenvalue weighted by Crippen LogP contribution is -2.29. The van der Waals surface area contributed by atoms with E-state index in [1.165, 1.54) is 26.3 Å². The first-order valence-electron chi connectivity index (χ1n) is 11.8. The Morgan fingerprint density at radius 1 is 1.03 bits per heavy atom. The van der Waals surface area contributed by atoms with Gasteiger partial charge in [-0.25, -0.2) is 4.98 Å². The Hall–Kier alpha value is -2.25. The van der Waals surface area contributed by atoms with Crippen molar-refractivity contribution in [3.63, 3.8) is 0 Å². The van der Waals surface area contributed by atoms with Crippen LogP contribution in [0.25, 0.3) is 20.8 Å². The number of fused-ring (bicyclic) bond motifs is 2. The number of amides is 1. The number of hydrogen-bond donors (Lipinski definition) is 1. The summed E-state index contributed by atoms with van der Waals surface area (Å²) in [6, 6.07) is 19.0. The van der Waals surface area contributed by atoms with Crippen LogP contribution in [0.1, 0.15) is 41.7 Å². The van der Waals surface area contributed by atoms with E-state index in [1.807, 2.05) is 6.07 Å². The molecule has 4 aromatic rings. The summed E-state index contributed by atoms with van der Waals surface area (Å²) >= 11 is 3.50. The van der Waals surface area contributed by atoms with E-state index >= 15 is 0 Å². The first-order chi connectivity index (χ1) is 16.2. The SMILES string of the molecule is Cl.O=C(Nc1sc2c(c1-c1nc3ccccc3s1)CCN(Cc1ccccc1)C2)C1CCCC1. The summed E-state index contributed by atoms with van der Waals surface area (Å²) in [5, 5.41) is 5.38. The van der Waals surface area contributed by atoms with Crippen molar-refractivity contribution >= 4 is 56.2 Å². The second-order valence-electron chi connectivity index (χ2n) is 9.11. The first-order valence-corrected chi connectivity index (χ1v) is 13.5. The Morgan fingerprint density at radius 3 is 2.59 bits per heavy atom. The van der Waals surface area contributed by atoms with E-state index in [1.54, 1.807) is 22.7 Å². The van der Waals surface area contributed by atoms with Crippen molar-refractivity contribution in [3.8, 4) is 10.6 Å². The zero-order valence-corrected chi connectivity index (χ0v) is 21.4. The second kappa shape index (κ2) is 10.2. The Balaban J connectivity index is 0.00000241. The van der Waals surface area contributed by atoms with Crippen LogP contribution >= 0.6 is 35.1 Å². The molecule has 2 aromatic heterocycles. The second-order valence-corrected chi connectivity index (χ2v) is 11.2. The highest BCUT2D eigenvalue weighted by Gasteiger charge is 2.30. The Bertz CT molecular complexity index is 1260. The molecule has 7 heteroatoms. The molecule has 1 saturated carbocycles. The Kier molecular flexibility index (Phi) is 7.02. The van der Waals surface area contributed by atoms with E-state index in [4.69, 9.17) is 4.98 Å². The molecule has 0 radical (unpaired) electrons. The number of nitrogens with zero attached hydrogens (tertiary/aromatic N) is 2. The summed E-state index contributed by atoms with van der Waals surface area (Å²) in [6.07, 6.45) is 5.34. The number of benzene rings is 2. The van der Waals surface area contributed by atoms with Gasteiger partial charge in [-0.1, -0.05) is 55.3 Å². The zero-order chi connectivity index (χ0) is 22.2. The smallest absolute Gasteiger partial charge is 0.228 e. The normalized spacial score (nSPS) is 16.4. The Morgan fingerprint density at radius 2 is 1.79 bits per heavy atom. The number of nitrogens with one attached hydrogen (secondary N) is 1. The van der Waals surface area contributed by atoms with E-state index in [0.29, 0.717) is 0 Å². The highest BCUT2D eigenvalue weighted by molar-refractivity contribution is 7.22. The van der Waals surface area contributed by atoms with E-state index < -0.39 is 0 Å². The van der Waals surface area contributed by atoms with Crippen molar-refractivity contribution in [3.05, 3.63) is 70.6 Å². The minimum Gasteiger partial charge on any atom is -0.317 e. The third-order valence-corrected chi connectivity index (χ3v) is 9.04. The van der Waals surface area contributed by atoms with Crippen molar-refractivity contribution in [2.75, 3.05) is 11.9 Å². The number of carbonyl (C=O) groups is 1. The van der Waals surface area contributed by atoms with Gasteiger partial charge in [0.15, 0.2) is 0 Å². The van der Waals surface area contributed by atoms with Crippen molar-refractivity contribution in [1.29, 1.82) is 0 Å². The van der Waals surface area contributed by atoms with E-state index in [0.717, 1.165) is 67.3 Å². The summed E-state index contributed by atoms with van der Waals surface area (Å²) in [4.78, 5) is 21.9. The maximum absolute atomic E-state index is 13.1. The molecule has 1 aliphatic carbocycles. The van der Waals surface area contributed by atoms with Crippen LogP contribution in [0.4, 0.5) is 5.00 Å². The lowest BCUT2D eigenvalue weighted by atomic mass is 10.0. The standard InChI is InChI=1S/C27H27N3OS2.ClH/c31-25(19-10-4-5-11-19)29-27-24(26-28-21-12-6-7-13-22(21)32-26)20-14-15-30(17-23(20)33-27)16-18-8-2-1-3-9-18;/h1-3,6-9,12-13,19H,4-5,10-11,14-17H2,(H,29,31);1H. The topological polar surface area (TPSA) is 45.2 Å². The maximum Gasteiger partial charge on any atom is 0.228 e. The predicted molar refractivity (Wildman–Crippen MR) is 145 cm³/mol. The van der Waals surface area contributed by atoms with Crippen LogP contribution in [0.3, 0.4) is 0 Å². The highest BCUT2D eigenvalue weighted by Crippen LogP contribution is 2.46. The molecule has 1 N–H and O–H groups in total. The number of rotatable bonds is 5. The van der Waals surface area contributed by atoms with Crippen LogP contribution < -0.4 is 5.32 Å². The quantitative estimate of drug-likeness (QED) is 0.311. The van der Waals surface area contributed by atoms with Gasteiger partial charge in [-0.15, -0.1) is 35.1 Å². The lowest BCUT2D eigenvalue weighted by molar-refractivity contribution is -0.119. The summed E-state index contributed by atoms with van der Waals surface area (Å²) in [5.41, 5.74) is 4.93. The molecule has 3 heterocycles. The van der Waals surface area contributed by atoms with Crippen molar-refractivity contribution in [1.82, 2.24) is 9.88 Å². The molecule has 6 rings (SSSR count). The number of para-hydroxylation sites is 1. The average Bonchev–Trinajstić information content (AvgIpc) is 3.57. The van der Waals surface area contributed by atoms with Gasteiger partial charge in [-0.3, -0.25) is 9.69 Å². The van der Waals surface area contributed by atoms with E-state index in [-0.39, 0.29) is 24.2 Å². The molecule has 2 aromatic carbocycles. The molecule has 0 spiro atoms. The van der Waals surface area contributed by atoms with Crippen LogP contribution in [0.2, 0.25) is 0 Å². The molecule has 2 aliphatic rings. The van der Waals surface area contributed by atoms with Gasteiger partial charge in [0, 0.05) is 36.0 Å². The largest absolute Gasteiger partial charge is 0.317 e. The van der Waals surface area contributed by atoms with Crippen molar-refractivity contribution < 1.29 is 4.79 Å². The highest BCUT2D eigenvalue weighted by atomic mass is 35.5. The summed E-state index contributed by atoms with van der Waals surface area (Å²) < 4.78 is 1.20. The summed E-state index contributed by atoms with van der Waals surface area (Å²) in [6.45, 7) is 2.90. The number of thiazole rings is 1. The average molecular weight is 510 g/mol. The molecule has 1 amide bonds. The van der Waals surface area contributed by atoms with Crippen LogP contribution in [-0.4, -0.2) is 22.3 Å². The number of hydrogen-bond acceptors (Lipinski definition) is 5. The molecular formula is C27H28ClN3OS2. The van der Waals surface area contributed by atoms with E-state index in [2.05, 4.69) is 58.7 Å². The van der Waals surface area contributed by atoms with Crippen molar-refractivity contribution in [2.45, 2.75) is 45.2 Å². The van der Waals surface area contributed by atoms with E-state index in [9.17, 15) is 4.79 Å². The van der Waals surface area contributed by atoms with Gasteiger partial charge in [-0.2, -0.15) is 0 Å². The summed E-state index contributed by atoms with van der Waals surface area (Å²) in [7, 11) is 0. The molecule has 34 heavy (non-hydrogen) atoms. The van der Waals surface area contributed by atoms with Gasteiger partial charge >= 0.3 is 0 Å². The number of halogens is 1. The molecule has 0 saturated heterocycles. The minimum atomic E-state index is 0. The monoisotopic (exact) mass is 509 g/mol. The fourth-order valence-electron chi connectivity index (χ4n) is 5.13. The number of carbonyl (C=O) groups excluding carboxylic acids is 1. The van der Waals surface area contributed by atoms with Gasteiger partial charge in [0.2, 0.25) is 5.91 Å². The molecule has 1 fully saturated rings. The minimum absolute atomic E-state index is 0. The predicted octanol–water partition coefficient (Wildman–Crippen LogP) is 7.13. The van der Waals surface area contributed by atoms with Crippen LogP contribution in [-0.2, 0) is 24.3 Å². The molecule has 1 aliphatic heterocycles. The van der Waals surface area contributed by atoms with Crippen LogP contribution in [0, 0.1) is 5.92 Å². The van der Waals surface area contributed by atoms with Gasteiger partial charge < -0.3 is 5.32 Å². The molecule has 176 valence electrons. The molecule has 0 unspecified atom stereocenters. The molecule has 0 atom stereocenters. The fraction of sp³-hybridized carbons (Fsp3) is 0.333. The lowest BCUT2D eigenvalue weighted by Gasteiger charge is -2.27. The van der Waals surface area contributed by atoms with Crippen LogP contribution in [0.5, 0.6) is 0 Å². The van der Waals surface area contributed by atoms with Gasteiger partial charge in [-0.05, 0) is 42.5 Å². The third kappa shape index (κ3) is 4.65. The zero-order valence-electron chi connectivity index (χ0n) is 19.0. The number of thiophene rings is 1. The fourth-order valence-corrected chi connectivity index (χ4v) is 7.53. The molecular weight excluding hydrogens is 482 g/mol. The third-order valence-electron chi connectivity index (χ3n) is 6.86.